The van der Waals surface area contributed by atoms with Gasteiger partial charge in [0.2, 0.25) is 5.91 Å². The third-order valence-corrected chi connectivity index (χ3v) is 3.42. The summed E-state index contributed by atoms with van der Waals surface area (Å²) in [6.45, 7) is 5.80. The Morgan fingerprint density at radius 1 is 1.14 bits per heavy atom. The molecule has 0 saturated carbocycles. The van der Waals surface area contributed by atoms with Crippen LogP contribution in [-0.4, -0.2) is 44.5 Å². The number of carbonyl (C=O) groups excluding carboxylic acids is 1. The maximum Gasteiger partial charge on any atom is 0.222 e. The Morgan fingerprint density at radius 3 is 2.29 bits per heavy atom. The van der Waals surface area contributed by atoms with Gasteiger partial charge in [0.1, 0.15) is 0 Å². The largest absolute Gasteiger partial charge is 0.378 e. The summed E-state index contributed by atoms with van der Waals surface area (Å²) in [7, 11) is 5.92. The van der Waals surface area contributed by atoms with Crippen LogP contribution in [0.2, 0.25) is 0 Å². The molecule has 0 aromatic heterocycles. The minimum absolute atomic E-state index is 0.206. The van der Waals surface area contributed by atoms with Crippen molar-refractivity contribution in [2.45, 2.75) is 39.3 Å². The predicted molar refractivity (Wildman–Crippen MR) is 89.6 cm³/mol. The maximum atomic E-state index is 12.1. The molecule has 118 valence electrons. The van der Waals surface area contributed by atoms with Crippen molar-refractivity contribution in [1.29, 1.82) is 0 Å². The highest BCUT2D eigenvalue weighted by Crippen LogP contribution is 2.13. The zero-order valence-electron chi connectivity index (χ0n) is 14.0. The Morgan fingerprint density at radius 2 is 1.76 bits per heavy atom. The molecule has 1 N–H and O–H groups in total. The number of nitrogens with zero attached hydrogens (tertiary/aromatic N) is 2. The molecule has 0 aliphatic heterocycles. The van der Waals surface area contributed by atoms with Gasteiger partial charge in [-0.2, -0.15) is 0 Å². The fraction of sp³-hybridized carbons (Fsp3) is 0.588. The van der Waals surface area contributed by atoms with Crippen molar-refractivity contribution in [1.82, 2.24) is 10.2 Å². The number of hydrogen-bond acceptors (Lipinski definition) is 3. The van der Waals surface area contributed by atoms with Crippen LogP contribution in [0.15, 0.2) is 24.3 Å². The lowest BCUT2D eigenvalue weighted by atomic mass is 10.2. The van der Waals surface area contributed by atoms with Crippen LogP contribution in [0.3, 0.4) is 0 Å². The number of amides is 1. The van der Waals surface area contributed by atoms with Gasteiger partial charge in [-0.05, 0) is 30.7 Å². The molecule has 0 atom stereocenters. The highest BCUT2D eigenvalue weighted by atomic mass is 16.2. The zero-order chi connectivity index (χ0) is 15.8. The van der Waals surface area contributed by atoms with E-state index in [2.05, 4.69) is 48.3 Å². The van der Waals surface area contributed by atoms with E-state index in [0.29, 0.717) is 19.0 Å². The lowest BCUT2D eigenvalue weighted by Gasteiger charge is -2.18. The lowest BCUT2D eigenvalue weighted by Crippen LogP contribution is -2.28. The van der Waals surface area contributed by atoms with Gasteiger partial charge in [-0.15, -0.1) is 0 Å². The average molecular weight is 291 g/mol. The summed E-state index contributed by atoms with van der Waals surface area (Å²) < 4.78 is 0. The van der Waals surface area contributed by atoms with Crippen LogP contribution in [0.1, 0.15) is 32.3 Å². The summed E-state index contributed by atoms with van der Waals surface area (Å²) in [6, 6.07) is 8.81. The monoisotopic (exact) mass is 291 g/mol. The maximum absolute atomic E-state index is 12.1. The highest BCUT2D eigenvalue weighted by Gasteiger charge is 2.09. The lowest BCUT2D eigenvalue weighted by molar-refractivity contribution is -0.130. The first-order valence-electron chi connectivity index (χ1n) is 7.63. The first-order chi connectivity index (χ1) is 9.90. The smallest absolute Gasteiger partial charge is 0.222 e. The molecule has 21 heavy (non-hydrogen) atoms. The van der Waals surface area contributed by atoms with Gasteiger partial charge < -0.3 is 15.1 Å². The van der Waals surface area contributed by atoms with E-state index in [1.54, 1.807) is 4.90 Å². The third kappa shape index (κ3) is 6.63. The summed E-state index contributed by atoms with van der Waals surface area (Å²) in [4.78, 5) is 15.9. The van der Waals surface area contributed by atoms with E-state index >= 15 is 0 Å². The fourth-order valence-electron chi connectivity index (χ4n) is 2.08. The zero-order valence-corrected chi connectivity index (χ0v) is 14.0. The Hall–Kier alpha value is -1.55. The molecule has 4 heteroatoms. The molecule has 0 saturated heterocycles. The van der Waals surface area contributed by atoms with Gasteiger partial charge >= 0.3 is 0 Å². The van der Waals surface area contributed by atoms with Crippen LogP contribution in [0.5, 0.6) is 0 Å². The molecule has 1 rings (SSSR count). The summed E-state index contributed by atoms with van der Waals surface area (Å²) in [5.74, 6) is 0.206. The molecule has 0 unspecified atom stereocenters. The van der Waals surface area contributed by atoms with Gasteiger partial charge in [-0.1, -0.05) is 26.0 Å². The van der Waals surface area contributed by atoms with Crippen LogP contribution >= 0.6 is 0 Å². The van der Waals surface area contributed by atoms with Crippen molar-refractivity contribution in [2.75, 3.05) is 32.6 Å². The molecule has 0 aliphatic rings. The summed E-state index contributed by atoms with van der Waals surface area (Å²) >= 11 is 0. The second-order valence-corrected chi connectivity index (χ2v) is 6.02. The molecular weight excluding hydrogens is 262 g/mol. The van der Waals surface area contributed by atoms with Crippen molar-refractivity contribution < 1.29 is 4.79 Å². The van der Waals surface area contributed by atoms with Crippen LogP contribution in [0.4, 0.5) is 5.69 Å². The van der Waals surface area contributed by atoms with E-state index in [9.17, 15) is 4.79 Å². The highest BCUT2D eigenvalue weighted by molar-refractivity contribution is 5.75. The van der Waals surface area contributed by atoms with Crippen LogP contribution in [0, 0.1) is 0 Å². The molecule has 0 heterocycles. The molecular formula is C17H29N3O. The van der Waals surface area contributed by atoms with Crippen LogP contribution in [-0.2, 0) is 11.3 Å². The quantitative estimate of drug-likeness (QED) is 0.748. The SMILES string of the molecule is CC(C)NCCCC(=O)N(C)Cc1ccc(N(C)C)cc1. The van der Waals surface area contributed by atoms with E-state index in [0.717, 1.165) is 18.5 Å². The van der Waals surface area contributed by atoms with Crippen molar-refractivity contribution in [3.63, 3.8) is 0 Å². The van der Waals surface area contributed by atoms with Gasteiger partial charge in [0.05, 0.1) is 0 Å². The molecule has 0 radical (unpaired) electrons. The van der Waals surface area contributed by atoms with Crippen molar-refractivity contribution >= 4 is 11.6 Å². The number of anilines is 1. The van der Waals surface area contributed by atoms with Gasteiger partial charge in [0.25, 0.3) is 0 Å². The van der Waals surface area contributed by atoms with E-state index in [1.807, 2.05) is 21.1 Å². The molecule has 1 aromatic rings. The van der Waals surface area contributed by atoms with Crippen LogP contribution in [0.25, 0.3) is 0 Å². The van der Waals surface area contributed by atoms with Gasteiger partial charge in [-0.3, -0.25) is 4.79 Å². The van der Waals surface area contributed by atoms with Gasteiger partial charge in [0, 0.05) is 45.8 Å². The Kier molecular flexibility index (Phi) is 7.23. The van der Waals surface area contributed by atoms with Gasteiger partial charge in [-0.25, -0.2) is 0 Å². The van der Waals surface area contributed by atoms with E-state index in [-0.39, 0.29) is 5.91 Å². The second kappa shape index (κ2) is 8.67. The molecule has 1 amide bonds. The molecule has 1 aromatic carbocycles. The number of nitrogens with one attached hydrogen (secondary N) is 1. The third-order valence-electron chi connectivity index (χ3n) is 3.42. The summed E-state index contributed by atoms with van der Waals surface area (Å²) in [5, 5.41) is 3.33. The van der Waals surface area contributed by atoms with Crippen molar-refractivity contribution in [3.8, 4) is 0 Å². The van der Waals surface area contributed by atoms with Gasteiger partial charge in [0.15, 0.2) is 0 Å². The normalized spacial score (nSPS) is 10.8. The minimum atomic E-state index is 0.206. The minimum Gasteiger partial charge on any atom is -0.378 e. The second-order valence-electron chi connectivity index (χ2n) is 6.02. The van der Waals surface area contributed by atoms with Crippen molar-refractivity contribution in [2.24, 2.45) is 0 Å². The average Bonchev–Trinajstić information content (AvgIpc) is 2.43. The number of rotatable bonds is 8. The topological polar surface area (TPSA) is 35.6 Å². The first kappa shape index (κ1) is 17.5. The molecule has 0 fully saturated rings. The molecule has 0 aliphatic carbocycles. The van der Waals surface area contributed by atoms with Crippen molar-refractivity contribution in [3.05, 3.63) is 29.8 Å². The molecule has 4 nitrogen and oxygen atoms in total. The number of hydrogen-bond donors (Lipinski definition) is 1. The Labute approximate surface area is 129 Å². The number of carbonyl (C=O) groups is 1. The predicted octanol–water partition coefficient (Wildman–Crippen LogP) is 2.49. The fourth-order valence-corrected chi connectivity index (χ4v) is 2.08. The van der Waals surface area contributed by atoms with E-state index < -0.39 is 0 Å². The Bertz CT molecular complexity index is 426. The number of benzene rings is 1. The van der Waals surface area contributed by atoms with E-state index in [1.165, 1.54) is 5.69 Å². The summed E-state index contributed by atoms with van der Waals surface area (Å²) in [6.07, 6.45) is 1.49. The summed E-state index contributed by atoms with van der Waals surface area (Å²) in [5.41, 5.74) is 2.34. The molecule has 0 spiro atoms. The molecule has 0 bridgehead atoms. The standard InChI is InChI=1S/C17H29N3O/c1-14(2)18-12-6-7-17(21)20(5)13-15-8-10-16(11-9-15)19(3)4/h8-11,14,18H,6-7,12-13H2,1-5H3. The first-order valence-corrected chi connectivity index (χ1v) is 7.63. The Balaban J connectivity index is 2.37. The van der Waals surface area contributed by atoms with Crippen LogP contribution < -0.4 is 10.2 Å². The van der Waals surface area contributed by atoms with E-state index in [4.69, 9.17) is 0 Å².